The Morgan fingerprint density at radius 1 is 1.26 bits per heavy atom. The molecule has 0 aliphatic carbocycles. The van der Waals surface area contributed by atoms with Gasteiger partial charge < -0.3 is 14.2 Å². The molecule has 2 aromatic rings. The van der Waals surface area contributed by atoms with Gasteiger partial charge in [-0.25, -0.2) is 0 Å². The lowest BCUT2D eigenvalue weighted by molar-refractivity contribution is 0.288. The van der Waals surface area contributed by atoms with E-state index in [0.29, 0.717) is 6.61 Å². The zero-order valence-electron chi connectivity index (χ0n) is 14.3. The van der Waals surface area contributed by atoms with Crippen LogP contribution >= 0.6 is 0 Å². The Labute approximate surface area is 138 Å². The van der Waals surface area contributed by atoms with Crippen LogP contribution in [0.2, 0.25) is 0 Å². The van der Waals surface area contributed by atoms with Crippen molar-refractivity contribution in [2.45, 2.75) is 46.8 Å². The minimum Gasteiger partial charge on any atom is -0.483 e. The van der Waals surface area contributed by atoms with Crippen molar-refractivity contribution in [2.75, 3.05) is 18.0 Å². The standard InChI is InChI=1S/C18H26N4O/c1-4-22-15(3)19-20-18(22)13-23-17-10-6-5-9-16(17)21-11-7-8-14(2)12-21/h5-6,9-10,14H,4,7-8,11-13H2,1-3H3/t14-/m0/s1. The van der Waals surface area contributed by atoms with Crippen LogP contribution in [0.3, 0.4) is 0 Å². The van der Waals surface area contributed by atoms with Gasteiger partial charge in [-0.3, -0.25) is 0 Å². The second-order valence-electron chi connectivity index (χ2n) is 6.36. The van der Waals surface area contributed by atoms with Gasteiger partial charge in [0.05, 0.1) is 5.69 Å². The second-order valence-corrected chi connectivity index (χ2v) is 6.36. The fraction of sp³-hybridized carbons (Fsp3) is 0.556. The minimum atomic E-state index is 0.453. The summed E-state index contributed by atoms with van der Waals surface area (Å²) >= 11 is 0. The summed E-state index contributed by atoms with van der Waals surface area (Å²) in [5.74, 6) is 3.49. The molecule has 0 saturated carbocycles. The molecule has 1 fully saturated rings. The predicted octanol–water partition coefficient (Wildman–Crippen LogP) is 3.42. The van der Waals surface area contributed by atoms with Crippen molar-refractivity contribution in [1.82, 2.24) is 14.8 Å². The summed E-state index contributed by atoms with van der Waals surface area (Å²) in [6.07, 6.45) is 2.57. The highest BCUT2D eigenvalue weighted by Crippen LogP contribution is 2.31. The summed E-state index contributed by atoms with van der Waals surface area (Å²) in [5.41, 5.74) is 1.19. The molecule has 23 heavy (non-hydrogen) atoms. The predicted molar refractivity (Wildman–Crippen MR) is 91.8 cm³/mol. The smallest absolute Gasteiger partial charge is 0.171 e. The maximum absolute atomic E-state index is 6.10. The van der Waals surface area contributed by atoms with E-state index in [9.17, 15) is 0 Å². The van der Waals surface area contributed by atoms with E-state index in [2.05, 4.69) is 45.6 Å². The van der Waals surface area contributed by atoms with Crippen LogP contribution < -0.4 is 9.64 Å². The number of ether oxygens (including phenoxy) is 1. The summed E-state index contributed by atoms with van der Waals surface area (Å²) < 4.78 is 8.19. The van der Waals surface area contributed by atoms with Crippen molar-refractivity contribution in [2.24, 2.45) is 5.92 Å². The van der Waals surface area contributed by atoms with Gasteiger partial charge in [0.15, 0.2) is 5.82 Å². The van der Waals surface area contributed by atoms with Gasteiger partial charge in [0.1, 0.15) is 18.2 Å². The molecule has 0 amide bonds. The summed E-state index contributed by atoms with van der Waals surface area (Å²) in [5, 5.41) is 8.37. The molecule has 1 aliphatic rings. The van der Waals surface area contributed by atoms with E-state index in [1.807, 2.05) is 19.1 Å². The number of benzene rings is 1. The molecule has 1 aromatic carbocycles. The first kappa shape index (κ1) is 15.8. The first-order valence-electron chi connectivity index (χ1n) is 8.54. The quantitative estimate of drug-likeness (QED) is 0.848. The van der Waals surface area contributed by atoms with Gasteiger partial charge in [-0.2, -0.15) is 0 Å². The van der Waals surface area contributed by atoms with Crippen molar-refractivity contribution >= 4 is 5.69 Å². The lowest BCUT2D eigenvalue weighted by atomic mass is 9.99. The molecule has 2 heterocycles. The van der Waals surface area contributed by atoms with Gasteiger partial charge in [-0.1, -0.05) is 19.1 Å². The van der Waals surface area contributed by atoms with Gasteiger partial charge in [0.2, 0.25) is 0 Å². The van der Waals surface area contributed by atoms with Gasteiger partial charge >= 0.3 is 0 Å². The number of hydrogen-bond donors (Lipinski definition) is 0. The monoisotopic (exact) mass is 314 g/mol. The zero-order chi connectivity index (χ0) is 16.2. The molecular formula is C18H26N4O. The molecule has 1 aliphatic heterocycles. The Morgan fingerprint density at radius 2 is 2.09 bits per heavy atom. The van der Waals surface area contributed by atoms with Crippen LogP contribution in [0.25, 0.3) is 0 Å². The molecule has 124 valence electrons. The molecule has 5 heteroatoms. The van der Waals surface area contributed by atoms with Crippen molar-refractivity contribution in [3.05, 3.63) is 35.9 Å². The van der Waals surface area contributed by atoms with Crippen molar-refractivity contribution in [3.63, 3.8) is 0 Å². The van der Waals surface area contributed by atoms with Crippen LogP contribution in [0, 0.1) is 12.8 Å². The normalized spacial score (nSPS) is 18.2. The fourth-order valence-corrected chi connectivity index (χ4v) is 3.33. The van der Waals surface area contributed by atoms with E-state index >= 15 is 0 Å². The van der Waals surface area contributed by atoms with E-state index in [1.54, 1.807) is 0 Å². The number of rotatable bonds is 5. The SMILES string of the molecule is CCn1c(C)nnc1COc1ccccc1N1CCC[C@H](C)C1. The van der Waals surface area contributed by atoms with Crippen LogP contribution in [0.1, 0.15) is 38.3 Å². The van der Waals surface area contributed by atoms with E-state index in [4.69, 9.17) is 4.74 Å². The summed E-state index contributed by atoms with van der Waals surface area (Å²) in [6, 6.07) is 8.32. The van der Waals surface area contributed by atoms with E-state index in [0.717, 1.165) is 43.0 Å². The lowest BCUT2D eigenvalue weighted by Gasteiger charge is -2.33. The first-order valence-corrected chi connectivity index (χ1v) is 8.54. The summed E-state index contributed by atoms with van der Waals surface area (Å²) in [4.78, 5) is 2.44. The van der Waals surface area contributed by atoms with Crippen LogP contribution in [-0.4, -0.2) is 27.9 Å². The summed E-state index contributed by atoms with van der Waals surface area (Å²) in [6.45, 7) is 9.92. The Hall–Kier alpha value is -2.04. The van der Waals surface area contributed by atoms with Crippen LogP contribution in [0.5, 0.6) is 5.75 Å². The van der Waals surface area contributed by atoms with Crippen molar-refractivity contribution < 1.29 is 4.74 Å². The number of piperidine rings is 1. The highest BCUT2D eigenvalue weighted by Gasteiger charge is 2.19. The molecule has 5 nitrogen and oxygen atoms in total. The second kappa shape index (κ2) is 7.02. The van der Waals surface area contributed by atoms with Crippen molar-refractivity contribution in [3.8, 4) is 5.75 Å². The van der Waals surface area contributed by atoms with Crippen LogP contribution in [0.4, 0.5) is 5.69 Å². The Balaban J connectivity index is 1.75. The van der Waals surface area contributed by atoms with Crippen molar-refractivity contribution in [1.29, 1.82) is 0 Å². The Bertz CT molecular complexity index is 652. The molecule has 1 atom stereocenters. The van der Waals surface area contributed by atoms with Gasteiger partial charge in [-0.05, 0) is 44.7 Å². The maximum atomic E-state index is 6.10. The first-order chi connectivity index (χ1) is 11.2. The third-order valence-corrected chi connectivity index (χ3v) is 4.55. The van der Waals surface area contributed by atoms with Crippen LogP contribution in [0.15, 0.2) is 24.3 Å². The zero-order valence-corrected chi connectivity index (χ0v) is 14.3. The lowest BCUT2D eigenvalue weighted by Crippen LogP contribution is -2.34. The molecule has 0 N–H and O–H groups in total. The largest absolute Gasteiger partial charge is 0.483 e. The molecule has 1 aromatic heterocycles. The third-order valence-electron chi connectivity index (χ3n) is 4.55. The van der Waals surface area contributed by atoms with Gasteiger partial charge in [0.25, 0.3) is 0 Å². The maximum Gasteiger partial charge on any atom is 0.171 e. The molecule has 0 spiro atoms. The van der Waals surface area contributed by atoms with Gasteiger partial charge in [-0.15, -0.1) is 10.2 Å². The Morgan fingerprint density at radius 3 is 2.87 bits per heavy atom. The fourth-order valence-electron chi connectivity index (χ4n) is 3.33. The topological polar surface area (TPSA) is 43.2 Å². The molecule has 0 unspecified atom stereocenters. The molecule has 3 rings (SSSR count). The number of aryl methyl sites for hydroxylation is 1. The van der Waals surface area contributed by atoms with E-state index < -0.39 is 0 Å². The van der Waals surface area contributed by atoms with E-state index in [1.165, 1.54) is 18.5 Å². The van der Waals surface area contributed by atoms with E-state index in [-0.39, 0.29) is 0 Å². The highest BCUT2D eigenvalue weighted by molar-refractivity contribution is 5.58. The number of aromatic nitrogens is 3. The minimum absolute atomic E-state index is 0.453. The number of anilines is 1. The molecular weight excluding hydrogens is 288 g/mol. The average molecular weight is 314 g/mol. The third kappa shape index (κ3) is 3.49. The highest BCUT2D eigenvalue weighted by atomic mass is 16.5. The van der Waals surface area contributed by atoms with Gasteiger partial charge in [0, 0.05) is 19.6 Å². The molecule has 1 saturated heterocycles. The Kier molecular flexibility index (Phi) is 4.84. The average Bonchev–Trinajstić information content (AvgIpc) is 2.93. The molecule has 0 radical (unpaired) electrons. The number of nitrogens with zero attached hydrogens (tertiary/aromatic N) is 4. The molecule has 0 bridgehead atoms. The summed E-state index contributed by atoms with van der Waals surface area (Å²) in [7, 11) is 0. The number of para-hydroxylation sites is 2. The van der Waals surface area contributed by atoms with Crippen LogP contribution in [-0.2, 0) is 13.2 Å². The number of hydrogen-bond acceptors (Lipinski definition) is 4.